The zero-order valence-corrected chi connectivity index (χ0v) is 11.0. The molecule has 7 heteroatoms. The monoisotopic (exact) mass is 283 g/mol. The predicted octanol–water partition coefficient (Wildman–Crippen LogP) is 0.853. The lowest BCUT2D eigenvalue weighted by atomic mass is 10.1. The molecule has 0 saturated carbocycles. The summed E-state index contributed by atoms with van der Waals surface area (Å²) < 4.78 is 0. The van der Waals surface area contributed by atoms with E-state index in [0.29, 0.717) is 17.2 Å². The molecular weight excluding hydrogens is 270 g/mol. The number of pyridine rings is 1. The van der Waals surface area contributed by atoms with Gasteiger partial charge in [0.1, 0.15) is 12.4 Å². The third kappa shape index (κ3) is 2.25. The molecule has 1 aromatic heterocycles. The van der Waals surface area contributed by atoms with Gasteiger partial charge in [-0.1, -0.05) is 12.1 Å². The smallest absolute Gasteiger partial charge is 0.252 e. The van der Waals surface area contributed by atoms with Crippen molar-refractivity contribution in [1.82, 2.24) is 4.98 Å². The van der Waals surface area contributed by atoms with Crippen molar-refractivity contribution < 1.29 is 9.59 Å². The minimum atomic E-state index is -0.645. The van der Waals surface area contributed by atoms with Gasteiger partial charge in [0.05, 0.1) is 28.8 Å². The van der Waals surface area contributed by atoms with Gasteiger partial charge >= 0.3 is 0 Å². The molecule has 3 rings (SSSR count). The molecule has 2 amide bonds. The first kappa shape index (κ1) is 12.9. The zero-order valence-electron chi connectivity index (χ0n) is 11.0. The summed E-state index contributed by atoms with van der Waals surface area (Å²) in [6.07, 6.45) is 1.43. The lowest BCUT2D eigenvalue weighted by Gasteiger charge is -2.30. The number of hydrogen-bond donors (Lipinski definition) is 3. The van der Waals surface area contributed by atoms with Crippen LogP contribution in [0.1, 0.15) is 10.4 Å². The van der Waals surface area contributed by atoms with Crippen molar-refractivity contribution in [3.63, 3.8) is 0 Å². The number of carbonyl (C=O) groups is 2. The van der Waals surface area contributed by atoms with Gasteiger partial charge in [-0.05, 0) is 18.2 Å². The summed E-state index contributed by atoms with van der Waals surface area (Å²) in [6, 6.07) is 8.72. The molecule has 0 bridgehead atoms. The summed E-state index contributed by atoms with van der Waals surface area (Å²) in [5.41, 5.74) is 12.9. The highest BCUT2D eigenvalue weighted by Gasteiger charge is 2.26. The van der Waals surface area contributed by atoms with Crippen molar-refractivity contribution in [3.05, 3.63) is 42.1 Å². The average molecular weight is 283 g/mol. The van der Waals surface area contributed by atoms with Crippen LogP contribution in [0.5, 0.6) is 0 Å². The maximum absolute atomic E-state index is 11.8. The van der Waals surface area contributed by atoms with E-state index < -0.39 is 5.91 Å². The van der Waals surface area contributed by atoms with Gasteiger partial charge in [-0.15, -0.1) is 0 Å². The number of aromatic nitrogens is 1. The number of para-hydroxylation sites is 2. The van der Waals surface area contributed by atoms with Gasteiger partial charge in [0.15, 0.2) is 0 Å². The molecule has 0 unspecified atom stereocenters. The molecule has 21 heavy (non-hydrogen) atoms. The number of anilines is 4. The van der Waals surface area contributed by atoms with E-state index >= 15 is 0 Å². The molecule has 5 N–H and O–H groups in total. The van der Waals surface area contributed by atoms with Crippen molar-refractivity contribution >= 4 is 34.7 Å². The van der Waals surface area contributed by atoms with Crippen LogP contribution in [0.4, 0.5) is 22.9 Å². The molecule has 7 nitrogen and oxygen atoms in total. The van der Waals surface area contributed by atoms with E-state index in [1.54, 1.807) is 11.0 Å². The molecule has 2 aromatic rings. The Kier molecular flexibility index (Phi) is 2.94. The Morgan fingerprint density at radius 2 is 2.10 bits per heavy atom. The summed E-state index contributed by atoms with van der Waals surface area (Å²) >= 11 is 0. The number of fused-ring (bicyclic) bond motifs is 1. The van der Waals surface area contributed by atoms with Crippen LogP contribution < -0.4 is 21.7 Å². The standard InChI is InChI=1S/C14H13N5O2/c15-8-5-9(13(16)21)14(17-6-8)19-7-12(20)18-10-3-1-2-4-11(10)19/h1-6H,7,15H2,(H2,16,21)(H,18,20). The summed E-state index contributed by atoms with van der Waals surface area (Å²) in [5.74, 6) is -0.519. The first-order valence-corrected chi connectivity index (χ1v) is 6.28. The summed E-state index contributed by atoms with van der Waals surface area (Å²) in [7, 11) is 0. The van der Waals surface area contributed by atoms with Gasteiger partial charge < -0.3 is 21.7 Å². The molecule has 1 aliphatic heterocycles. The van der Waals surface area contributed by atoms with E-state index in [4.69, 9.17) is 11.5 Å². The highest BCUT2D eigenvalue weighted by Crippen LogP contribution is 2.35. The van der Waals surface area contributed by atoms with Gasteiger partial charge in [-0.25, -0.2) is 4.98 Å². The van der Waals surface area contributed by atoms with Crippen molar-refractivity contribution in [2.75, 3.05) is 22.5 Å². The summed E-state index contributed by atoms with van der Waals surface area (Å²) in [5, 5.41) is 2.77. The molecule has 0 aliphatic carbocycles. The Balaban J connectivity index is 2.17. The van der Waals surface area contributed by atoms with E-state index in [0.717, 1.165) is 5.69 Å². The molecule has 2 heterocycles. The average Bonchev–Trinajstić information content (AvgIpc) is 2.46. The Labute approximate surface area is 120 Å². The highest BCUT2D eigenvalue weighted by atomic mass is 16.2. The number of amides is 2. The number of nitrogens with one attached hydrogen (secondary N) is 1. The zero-order chi connectivity index (χ0) is 15.0. The van der Waals surface area contributed by atoms with Crippen LogP contribution in [0.25, 0.3) is 0 Å². The molecule has 0 spiro atoms. The molecular formula is C14H13N5O2. The van der Waals surface area contributed by atoms with E-state index in [1.807, 2.05) is 18.2 Å². The number of nitrogen functional groups attached to an aromatic ring is 1. The second kappa shape index (κ2) is 4.78. The van der Waals surface area contributed by atoms with E-state index in [2.05, 4.69) is 10.3 Å². The van der Waals surface area contributed by atoms with Crippen molar-refractivity contribution in [1.29, 1.82) is 0 Å². The largest absolute Gasteiger partial charge is 0.397 e. The van der Waals surface area contributed by atoms with Crippen LogP contribution in [-0.4, -0.2) is 23.3 Å². The number of carbonyl (C=O) groups excluding carboxylic acids is 2. The van der Waals surface area contributed by atoms with Gasteiger partial charge in [-0.3, -0.25) is 9.59 Å². The molecule has 106 valence electrons. The Hall–Kier alpha value is -3.09. The maximum Gasteiger partial charge on any atom is 0.252 e. The second-order valence-electron chi connectivity index (χ2n) is 4.66. The van der Waals surface area contributed by atoms with Gasteiger partial charge in [0.25, 0.3) is 5.91 Å². The number of rotatable bonds is 2. The normalized spacial score (nSPS) is 13.5. The third-order valence-corrected chi connectivity index (χ3v) is 3.18. The van der Waals surface area contributed by atoms with Crippen LogP contribution in [0.15, 0.2) is 36.5 Å². The molecule has 0 saturated heterocycles. The van der Waals surface area contributed by atoms with Crippen LogP contribution in [-0.2, 0) is 4.79 Å². The lowest BCUT2D eigenvalue weighted by molar-refractivity contribution is -0.115. The van der Waals surface area contributed by atoms with Crippen LogP contribution in [0.2, 0.25) is 0 Å². The fourth-order valence-corrected chi connectivity index (χ4v) is 2.29. The van der Waals surface area contributed by atoms with Crippen LogP contribution in [0, 0.1) is 0 Å². The SMILES string of the molecule is NC(=O)c1cc(N)cnc1N1CC(=O)Nc2ccccc21. The molecule has 1 aromatic carbocycles. The molecule has 0 fully saturated rings. The van der Waals surface area contributed by atoms with Crippen LogP contribution in [0.3, 0.4) is 0 Å². The van der Waals surface area contributed by atoms with Gasteiger partial charge in [-0.2, -0.15) is 0 Å². The fraction of sp³-hybridized carbons (Fsp3) is 0.0714. The lowest BCUT2D eigenvalue weighted by Crippen LogP contribution is -2.36. The molecule has 0 radical (unpaired) electrons. The quantitative estimate of drug-likeness (QED) is 0.756. The molecule has 0 atom stereocenters. The number of benzene rings is 1. The number of nitrogens with zero attached hydrogens (tertiary/aromatic N) is 2. The number of hydrogen-bond acceptors (Lipinski definition) is 5. The van der Waals surface area contributed by atoms with E-state index in [1.165, 1.54) is 12.3 Å². The first-order chi connectivity index (χ1) is 10.1. The van der Waals surface area contributed by atoms with E-state index in [9.17, 15) is 9.59 Å². The second-order valence-corrected chi connectivity index (χ2v) is 4.66. The summed E-state index contributed by atoms with van der Waals surface area (Å²) in [6.45, 7) is 0.0498. The Morgan fingerprint density at radius 3 is 2.86 bits per heavy atom. The van der Waals surface area contributed by atoms with E-state index in [-0.39, 0.29) is 18.0 Å². The first-order valence-electron chi connectivity index (χ1n) is 6.28. The Bertz CT molecular complexity index is 744. The van der Waals surface area contributed by atoms with Crippen molar-refractivity contribution in [3.8, 4) is 0 Å². The fourth-order valence-electron chi connectivity index (χ4n) is 2.29. The van der Waals surface area contributed by atoms with Crippen molar-refractivity contribution in [2.24, 2.45) is 5.73 Å². The minimum Gasteiger partial charge on any atom is -0.397 e. The van der Waals surface area contributed by atoms with Gasteiger partial charge in [0, 0.05) is 0 Å². The Morgan fingerprint density at radius 1 is 1.33 bits per heavy atom. The minimum absolute atomic E-state index is 0.0498. The number of nitrogens with two attached hydrogens (primary N) is 2. The topological polar surface area (TPSA) is 114 Å². The van der Waals surface area contributed by atoms with Crippen molar-refractivity contribution in [2.45, 2.75) is 0 Å². The predicted molar refractivity (Wildman–Crippen MR) is 79.2 cm³/mol. The maximum atomic E-state index is 11.8. The summed E-state index contributed by atoms with van der Waals surface area (Å²) in [4.78, 5) is 29.3. The number of primary amides is 1. The third-order valence-electron chi connectivity index (χ3n) is 3.18. The highest BCUT2D eigenvalue weighted by molar-refractivity contribution is 6.06. The van der Waals surface area contributed by atoms with Crippen LogP contribution >= 0.6 is 0 Å². The van der Waals surface area contributed by atoms with Gasteiger partial charge in [0.2, 0.25) is 5.91 Å². The molecule has 1 aliphatic rings.